The number of ether oxygens (including phenoxy) is 2. The van der Waals surface area contributed by atoms with Crippen LogP contribution in [0.25, 0.3) is 0 Å². The highest BCUT2D eigenvalue weighted by Gasteiger charge is 2.09. The topological polar surface area (TPSA) is 90.0 Å². The van der Waals surface area contributed by atoms with Crippen molar-refractivity contribution in [1.29, 1.82) is 5.26 Å². The summed E-state index contributed by atoms with van der Waals surface area (Å²) in [6, 6.07) is 12.2. The number of carbonyl (C=O) groups excluding carboxylic acids is 1. The largest absolute Gasteiger partial charge is 0.486 e. The van der Waals surface area contributed by atoms with Crippen molar-refractivity contribution >= 4 is 5.97 Å². The van der Waals surface area contributed by atoms with Crippen LogP contribution in [0.3, 0.4) is 0 Å². The number of carbonyl (C=O) groups is 1. The molecular weight excluding hydrogens is 332 g/mol. The Morgan fingerprint density at radius 1 is 1.15 bits per heavy atom. The van der Waals surface area contributed by atoms with Crippen LogP contribution in [0.15, 0.2) is 55.0 Å². The van der Waals surface area contributed by atoms with E-state index in [4.69, 9.17) is 14.7 Å². The smallest absolute Gasteiger partial charge is 0.357 e. The van der Waals surface area contributed by atoms with Crippen molar-refractivity contribution < 1.29 is 14.3 Å². The quantitative estimate of drug-likeness (QED) is 0.636. The first-order valence-electron chi connectivity index (χ1n) is 7.87. The van der Waals surface area contributed by atoms with E-state index < -0.39 is 5.97 Å². The summed E-state index contributed by atoms with van der Waals surface area (Å²) in [4.78, 5) is 20.0. The van der Waals surface area contributed by atoms with Crippen LogP contribution >= 0.6 is 0 Å². The van der Waals surface area contributed by atoms with E-state index in [1.807, 2.05) is 48.1 Å². The zero-order valence-electron chi connectivity index (χ0n) is 14.1. The summed E-state index contributed by atoms with van der Waals surface area (Å²) in [6.45, 7) is 0.502. The second-order valence-electron chi connectivity index (χ2n) is 5.51. The SMILES string of the molecule is Cn1ccnc1COc1ccc(COC(=O)c2ccc(C#N)cn2)cc1. The normalized spacial score (nSPS) is 10.2. The van der Waals surface area contributed by atoms with Crippen molar-refractivity contribution in [1.82, 2.24) is 14.5 Å². The van der Waals surface area contributed by atoms with Crippen molar-refractivity contribution in [2.45, 2.75) is 13.2 Å². The fourth-order valence-electron chi connectivity index (χ4n) is 2.17. The maximum absolute atomic E-state index is 11.9. The highest BCUT2D eigenvalue weighted by atomic mass is 16.5. The number of hydrogen-bond donors (Lipinski definition) is 0. The van der Waals surface area contributed by atoms with E-state index in [0.29, 0.717) is 17.9 Å². The van der Waals surface area contributed by atoms with Crippen molar-refractivity contribution in [3.8, 4) is 11.8 Å². The van der Waals surface area contributed by atoms with Gasteiger partial charge in [-0.15, -0.1) is 0 Å². The van der Waals surface area contributed by atoms with Gasteiger partial charge in [0.1, 0.15) is 36.6 Å². The van der Waals surface area contributed by atoms with Crippen molar-refractivity contribution in [3.05, 3.63) is 77.6 Å². The van der Waals surface area contributed by atoms with Crippen LogP contribution in [0.4, 0.5) is 0 Å². The lowest BCUT2D eigenvalue weighted by atomic mass is 10.2. The molecule has 0 saturated carbocycles. The summed E-state index contributed by atoms with van der Waals surface area (Å²) in [5.74, 6) is 0.999. The summed E-state index contributed by atoms with van der Waals surface area (Å²) in [5, 5.41) is 8.73. The Morgan fingerprint density at radius 2 is 1.96 bits per heavy atom. The van der Waals surface area contributed by atoms with E-state index in [1.165, 1.54) is 18.3 Å². The Morgan fingerprint density at radius 3 is 2.58 bits per heavy atom. The number of nitrogens with zero attached hydrogens (tertiary/aromatic N) is 4. The summed E-state index contributed by atoms with van der Waals surface area (Å²) in [7, 11) is 1.91. The molecule has 130 valence electrons. The van der Waals surface area contributed by atoms with Crippen molar-refractivity contribution in [2.75, 3.05) is 0 Å². The minimum Gasteiger partial charge on any atom is -0.486 e. The molecule has 0 fully saturated rings. The first kappa shape index (κ1) is 17.2. The first-order valence-corrected chi connectivity index (χ1v) is 7.87. The van der Waals surface area contributed by atoms with Gasteiger partial charge in [-0.05, 0) is 29.8 Å². The minimum atomic E-state index is -0.537. The zero-order valence-corrected chi connectivity index (χ0v) is 14.1. The van der Waals surface area contributed by atoms with Gasteiger partial charge >= 0.3 is 5.97 Å². The molecule has 1 aromatic carbocycles. The van der Waals surface area contributed by atoms with Gasteiger partial charge in [-0.25, -0.2) is 14.8 Å². The molecule has 0 aliphatic rings. The second kappa shape index (κ2) is 7.94. The molecule has 0 aliphatic carbocycles. The van der Waals surface area contributed by atoms with Crippen LogP contribution in [0.2, 0.25) is 0 Å². The number of imidazole rings is 1. The van der Waals surface area contributed by atoms with Crippen molar-refractivity contribution in [3.63, 3.8) is 0 Å². The van der Waals surface area contributed by atoms with Crippen LogP contribution in [0.1, 0.15) is 27.4 Å². The van der Waals surface area contributed by atoms with Gasteiger partial charge < -0.3 is 14.0 Å². The van der Waals surface area contributed by atoms with E-state index in [9.17, 15) is 4.79 Å². The molecule has 26 heavy (non-hydrogen) atoms. The number of esters is 1. The van der Waals surface area contributed by atoms with Gasteiger partial charge in [0.05, 0.1) is 5.56 Å². The predicted octanol–water partition coefficient (Wildman–Crippen LogP) is 2.62. The number of benzene rings is 1. The first-order chi connectivity index (χ1) is 12.7. The molecule has 0 bridgehead atoms. The Kier molecular flexibility index (Phi) is 5.25. The molecule has 2 heterocycles. The molecule has 7 heteroatoms. The van der Waals surface area contributed by atoms with Gasteiger partial charge in [-0.1, -0.05) is 12.1 Å². The summed E-state index contributed by atoms with van der Waals surface area (Å²) in [6.07, 6.45) is 4.92. The lowest BCUT2D eigenvalue weighted by molar-refractivity contribution is 0.0465. The average Bonchev–Trinajstić information content (AvgIpc) is 3.10. The molecule has 0 saturated heterocycles. The molecule has 3 rings (SSSR count). The fourth-order valence-corrected chi connectivity index (χ4v) is 2.17. The number of pyridine rings is 1. The Labute approximate surface area is 150 Å². The van der Waals surface area contributed by atoms with Gasteiger partial charge in [-0.3, -0.25) is 0 Å². The molecule has 0 unspecified atom stereocenters. The molecule has 2 aromatic heterocycles. The highest BCUT2D eigenvalue weighted by molar-refractivity contribution is 5.87. The molecule has 7 nitrogen and oxygen atoms in total. The van der Waals surface area contributed by atoms with Crippen LogP contribution in [0, 0.1) is 11.3 Å². The summed E-state index contributed by atoms with van der Waals surface area (Å²) in [5.41, 5.74) is 1.39. The molecular formula is C19H16N4O3. The van der Waals surface area contributed by atoms with Gasteiger partial charge in [0.15, 0.2) is 0 Å². The maximum Gasteiger partial charge on any atom is 0.357 e. The number of aromatic nitrogens is 3. The third-order valence-corrected chi connectivity index (χ3v) is 3.68. The minimum absolute atomic E-state index is 0.125. The van der Waals surface area contributed by atoms with Crippen LogP contribution < -0.4 is 4.74 Å². The van der Waals surface area contributed by atoms with E-state index in [-0.39, 0.29) is 12.3 Å². The molecule has 3 aromatic rings. The van der Waals surface area contributed by atoms with Gasteiger partial charge in [-0.2, -0.15) is 5.26 Å². The number of rotatable bonds is 6. The van der Waals surface area contributed by atoms with E-state index in [1.54, 1.807) is 6.20 Å². The van der Waals surface area contributed by atoms with Gasteiger partial charge in [0.2, 0.25) is 0 Å². The Bertz CT molecular complexity index is 925. The fraction of sp³-hybridized carbons (Fsp3) is 0.158. The molecule has 0 spiro atoms. The average molecular weight is 348 g/mol. The predicted molar refractivity (Wildman–Crippen MR) is 92.1 cm³/mol. The van der Waals surface area contributed by atoms with E-state index in [0.717, 1.165) is 11.4 Å². The molecule has 0 radical (unpaired) electrons. The highest BCUT2D eigenvalue weighted by Crippen LogP contribution is 2.15. The van der Waals surface area contributed by atoms with Crippen LogP contribution in [0.5, 0.6) is 5.75 Å². The Hall–Kier alpha value is -3.66. The summed E-state index contributed by atoms with van der Waals surface area (Å²) >= 11 is 0. The molecule has 0 amide bonds. The second-order valence-corrected chi connectivity index (χ2v) is 5.51. The number of hydrogen-bond acceptors (Lipinski definition) is 6. The lowest BCUT2D eigenvalue weighted by Gasteiger charge is -2.08. The molecule has 0 atom stereocenters. The van der Waals surface area contributed by atoms with Crippen LogP contribution in [-0.4, -0.2) is 20.5 Å². The summed E-state index contributed by atoms with van der Waals surface area (Å²) < 4.78 is 12.8. The zero-order chi connectivity index (χ0) is 18.4. The monoisotopic (exact) mass is 348 g/mol. The van der Waals surface area contributed by atoms with E-state index >= 15 is 0 Å². The van der Waals surface area contributed by atoms with Gasteiger partial charge in [0.25, 0.3) is 0 Å². The number of nitriles is 1. The van der Waals surface area contributed by atoms with Crippen LogP contribution in [-0.2, 0) is 25.0 Å². The molecule has 0 N–H and O–H groups in total. The third kappa shape index (κ3) is 4.24. The van der Waals surface area contributed by atoms with Crippen molar-refractivity contribution in [2.24, 2.45) is 7.05 Å². The standard InChI is InChI=1S/C19H16N4O3/c1-23-9-8-21-18(23)13-25-16-5-2-14(3-6-16)12-26-19(24)17-7-4-15(10-20)11-22-17/h2-9,11H,12-13H2,1H3. The van der Waals surface area contributed by atoms with Gasteiger partial charge in [0, 0.05) is 25.6 Å². The lowest BCUT2D eigenvalue weighted by Crippen LogP contribution is -2.07. The van der Waals surface area contributed by atoms with E-state index in [2.05, 4.69) is 9.97 Å². The molecule has 0 aliphatic heterocycles. The third-order valence-electron chi connectivity index (χ3n) is 3.68. The number of aryl methyl sites for hydroxylation is 1. The Balaban J connectivity index is 1.51. The maximum atomic E-state index is 11.9.